The molecule has 7 heteroatoms. The molecule has 0 radical (unpaired) electrons. The minimum Gasteiger partial charge on any atom is -0.295 e. The van der Waals surface area contributed by atoms with Gasteiger partial charge in [-0.1, -0.05) is 194 Å². The Bertz CT molecular complexity index is 2450. The molecule has 19 aliphatic rings. The molecule has 0 spiro atoms. The van der Waals surface area contributed by atoms with Crippen molar-refractivity contribution in [3.05, 3.63) is 0 Å². The Balaban J connectivity index is 0.716. The van der Waals surface area contributed by atoms with Crippen LogP contribution in [0.2, 0.25) is 34.9 Å². The second-order valence-corrected chi connectivity index (χ2v) is 41.7. The van der Waals surface area contributed by atoms with Crippen molar-refractivity contribution in [3.63, 3.8) is 0 Å². The number of fused-ring (bicyclic) bond motifs is 10. The molecule has 0 aromatic rings. The first kappa shape index (κ1) is 62.3. The minimum atomic E-state index is 0.397. The topological polar surface area (TPSA) is 13.0 Å². The Morgan fingerprint density at radius 2 is 0.791 bits per heavy atom. The van der Waals surface area contributed by atoms with Gasteiger partial charge in [-0.05, 0) is 247 Å². The van der Waals surface area contributed by atoms with Crippen LogP contribution in [0.15, 0.2) is 0 Å². The van der Waals surface area contributed by atoms with E-state index in [9.17, 15) is 0 Å². The summed E-state index contributed by atoms with van der Waals surface area (Å²) in [5.41, 5.74) is 0.397. The predicted molar refractivity (Wildman–Crippen MR) is 386 cm³/mol. The van der Waals surface area contributed by atoms with Crippen molar-refractivity contribution >= 4 is 25.2 Å². The second kappa shape index (κ2) is 25.7. The molecule has 506 valence electrons. The van der Waals surface area contributed by atoms with Crippen LogP contribution in [0.1, 0.15) is 335 Å². The van der Waals surface area contributed by atoms with Gasteiger partial charge in [0.1, 0.15) is 0 Å². The normalized spacial score (nSPS) is 50.5. The number of hydrogen-bond donors (Lipinski definition) is 0. The molecule has 19 fully saturated rings. The van der Waals surface area contributed by atoms with E-state index in [0.29, 0.717) is 5.41 Å². The SMILES string of the molecule is CC(C)(C)[C@H]1C[C@@H]2C3B(C4CCCC[C@H]4N(C4CCCCC4)[C@H]3C1)[C@@H]1C[C@@H]3B4[C@H]5C(CC(N(C6CCCCC6)C6CCCCC6)CC5N(C5CCCCC5)C5C[C@@H](C6CC7CCC[C@H]8C9CCC[C@H]%10CCCC(C(C6)C78)C9%10)CC[C@@H]45)SC3CC1N2C1CCCCC1. The maximum atomic E-state index is 3.71. The molecule has 0 aromatic heterocycles. The molecule has 19 rings (SSSR count). The number of hydrogen-bond acceptors (Lipinski definition) is 5. The fourth-order valence-electron chi connectivity index (χ4n) is 33.4. The zero-order valence-corrected chi connectivity index (χ0v) is 60.2. The average Bonchev–Trinajstić information content (AvgIpc) is 0.728. The molecule has 0 amide bonds. The number of thioether (sulfide) groups is 1. The fraction of sp³-hybridized carbons (Fsp3) is 1.00. The van der Waals surface area contributed by atoms with E-state index in [1.165, 1.54) is 154 Å². The smallest absolute Gasteiger partial charge is 0.156 e. The summed E-state index contributed by atoms with van der Waals surface area (Å²) in [6, 6.07) is 10.4. The van der Waals surface area contributed by atoms with Gasteiger partial charge >= 0.3 is 0 Å². The molecule has 4 aliphatic heterocycles. The second-order valence-electron chi connectivity index (χ2n) is 40.2. The first-order valence-corrected chi connectivity index (χ1v) is 44.5. The van der Waals surface area contributed by atoms with Crippen LogP contribution in [-0.4, -0.2) is 116 Å². The van der Waals surface area contributed by atoms with Crippen molar-refractivity contribution in [2.24, 2.45) is 70.5 Å². The quantitative estimate of drug-likeness (QED) is 0.235. The summed E-state index contributed by atoms with van der Waals surface area (Å²) >= 11 is 2.83. The van der Waals surface area contributed by atoms with Crippen LogP contribution in [0.4, 0.5) is 0 Å². The van der Waals surface area contributed by atoms with E-state index in [0.717, 1.165) is 196 Å². The van der Waals surface area contributed by atoms with E-state index in [1.807, 2.05) is 0 Å². The van der Waals surface area contributed by atoms with Gasteiger partial charge < -0.3 is 0 Å². The van der Waals surface area contributed by atoms with Crippen LogP contribution in [0.5, 0.6) is 0 Å². The molecule has 15 unspecified atom stereocenters. The largest absolute Gasteiger partial charge is 0.295 e. The standard InChI is InChI=1S/C84H138B2N4S/c1-84(2,3)57-47-75-82-76(48-57)90(62-35-17-8-18-36-62)74-52-78-71(51-70(74)85(82)68-40-19-20-41-72(68)88(75)60-31-13-6-14-32-60)86-69-43-42-54(56-44-55-26-23-38-65-64-37-21-24-53-25-22-39-66(80(53)64)67(45-56)81(55)65)46-73(69)89(61-33-15-7-16-34-61)77-49-63(50-79(91-78)83(77)86)87(58-27-9-4-10-28-58)59-29-11-5-12-30-59/h53-83H,4-52H2,1-3H3/t53-,54-,55?,56?,57+,63?,64?,65-,66?,67?,68?,69+,70+,71-,72+,73?,74?,75-,76+,77?,78?,79?,80?,81?,82?,83+/m0/s1. The van der Waals surface area contributed by atoms with Gasteiger partial charge in [0.15, 0.2) is 13.4 Å². The summed E-state index contributed by atoms with van der Waals surface area (Å²) < 4.78 is 0. The fourth-order valence-corrected chi connectivity index (χ4v) is 35.5. The third kappa shape index (κ3) is 10.7. The monoisotopic (exact) mass is 1260 g/mol. The molecule has 0 aromatic carbocycles. The first-order chi connectivity index (χ1) is 44.8. The van der Waals surface area contributed by atoms with Gasteiger partial charge in [-0.25, -0.2) is 0 Å². The highest BCUT2D eigenvalue weighted by molar-refractivity contribution is 8.00. The van der Waals surface area contributed by atoms with E-state index in [-0.39, 0.29) is 0 Å². The van der Waals surface area contributed by atoms with Gasteiger partial charge in [-0.2, -0.15) is 11.8 Å². The Labute approximate surface area is 565 Å². The number of nitrogens with zero attached hydrogens (tertiary/aromatic N) is 4. The highest BCUT2D eigenvalue weighted by atomic mass is 32.2. The van der Waals surface area contributed by atoms with Crippen LogP contribution in [0.3, 0.4) is 0 Å². The lowest BCUT2D eigenvalue weighted by atomic mass is 9.15. The maximum Gasteiger partial charge on any atom is 0.156 e. The minimum absolute atomic E-state index is 0.397. The molecule has 15 saturated carbocycles. The molecular formula is C84H138B2N4S. The van der Waals surface area contributed by atoms with Crippen molar-refractivity contribution in [3.8, 4) is 0 Å². The molecule has 4 heterocycles. The molecule has 26 atom stereocenters. The molecule has 4 nitrogen and oxygen atoms in total. The molecule has 4 saturated heterocycles. The Hall–Kier alpha value is 0.320. The summed E-state index contributed by atoms with van der Waals surface area (Å²) in [5, 5.41) is 1.82. The van der Waals surface area contributed by atoms with E-state index in [4.69, 9.17) is 0 Å². The van der Waals surface area contributed by atoms with Crippen LogP contribution in [-0.2, 0) is 0 Å². The van der Waals surface area contributed by atoms with Crippen LogP contribution in [0, 0.1) is 70.5 Å². The first-order valence-electron chi connectivity index (χ1n) is 43.5. The Morgan fingerprint density at radius 3 is 1.40 bits per heavy atom. The zero-order valence-electron chi connectivity index (χ0n) is 59.4. The van der Waals surface area contributed by atoms with Crippen molar-refractivity contribution in [2.45, 2.75) is 453 Å². The Morgan fingerprint density at radius 1 is 0.297 bits per heavy atom. The van der Waals surface area contributed by atoms with Crippen LogP contribution in [0.25, 0.3) is 0 Å². The molecular weight excluding hydrogens is 1120 g/mol. The van der Waals surface area contributed by atoms with E-state index in [1.54, 1.807) is 161 Å². The Kier molecular flexibility index (Phi) is 17.6. The molecule has 0 bridgehead atoms. The summed E-state index contributed by atoms with van der Waals surface area (Å²) in [6.45, 7) is 10.2. The molecule has 91 heavy (non-hydrogen) atoms. The van der Waals surface area contributed by atoms with Crippen molar-refractivity contribution < 1.29 is 0 Å². The maximum absolute atomic E-state index is 3.71. The van der Waals surface area contributed by atoms with Crippen molar-refractivity contribution in [2.75, 3.05) is 0 Å². The highest BCUT2D eigenvalue weighted by Gasteiger charge is 2.71. The van der Waals surface area contributed by atoms with Crippen LogP contribution < -0.4 is 0 Å². The van der Waals surface area contributed by atoms with Crippen molar-refractivity contribution in [1.82, 2.24) is 19.6 Å². The molecule has 0 N–H and O–H groups in total. The van der Waals surface area contributed by atoms with E-state index >= 15 is 0 Å². The van der Waals surface area contributed by atoms with Crippen LogP contribution >= 0.6 is 11.8 Å². The lowest BCUT2D eigenvalue weighted by Crippen LogP contribution is -2.76. The van der Waals surface area contributed by atoms with Gasteiger partial charge in [0.25, 0.3) is 0 Å². The predicted octanol–water partition coefficient (Wildman–Crippen LogP) is 21.5. The summed E-state index contributed by atoms with van der Waals surface area (Å²) in [5.74, 6) is 17.8. The highest BCUT2D eigenvalue weighted by Crippen LogP contribution is 2.73. The van der Waals surface area contributed by atoms with Crippen molar-refractivity contribution in [1.29, 1.82) is 0 Å². The third-order valence-electron chi connectivity index (χ3n) is 36.0. The lowest BCUT2D eigenvalue weighted by molar-refractivity contribution is -0.152. The summed E-state index contributed by atoms with van der Waals surface area (Å²) in [7, 11) is 0. The molecule has 15 aliphatic carbocycles. The van der Waals surface area contributed by atoms with E-state index in [2.05, 4.69) is 52.1 Å². The summed E-state index contributed by atoms with van der Waals surface area (Å²) in [6.07, 6.45) is 76.8. The van der Waals surface area contributed by atoms with Gasteiger partial charge in [-0.15, -0.1) is 0 Å². The van der Waals surface area contributed by atoms with Gasteiger partial charge in [0.2, 0.25) is 0 Å². The summed E-state index contributed by atoms with van der Waals surface area (Å²) in [4.78, 5) is 14.4. The van der Waals surface area contributed by atoms with Gasteiger partial charge in [0, 0.05) is 83.0 Å². The van der Waals surface area contributed by atoms with Gasteiger partial charge in [0.05, 0.1) is 0 Å². The average molecular weight is 1260 g/mol. The zero-order chi connectivity index (χ0) is 60.2. The van der Waals surface area contributed by atoms with Gasteiger partial charge in [-0.3, -0.25) is 19.6 Å². The van der Waals surface area contributed by atoms with E-state index < -0.39 is 0 Å². The third-order valence-corrected chi connectivity index (χ3v) is 37.8. The number of rotatable bonds is 7. The lowest BCUT2D eigenvalue weighted by Gasteiger charge is -2.72.